The van der Waals surface area contributed by atoms with E-state index in [9.17, 15) is 9.59 Å². The smallest absolute Gasteiger partial charge is 0.340 e. The van der Waals surface area contributed by atoms with E-state index in [0.717, 1.165) is 16.5 Å². The van der Waals surface area contributed by atoms with E-state index >= 15 is 0 Å². The minimum absolute atomic E-state index is 0.175. The Hall–Kier alpha value is -2.99. The third-order valence-corrected chi connectivity index (χ3v) is 5.00. The van der Waals surface area contributed by atoms with Gasteiger partial charge in [0.15, 0.2) is 0 Å². The predicted octanol–water partition coefficient (Wildman–Crippen LogP) is 5.23. The molecule has 0 N–H and O–H groups in total. The number of hydrogen-bond donors (Lipinski definition) is 0. The van der Waals surface area contributed by atoms with Crippen molar-refractivity contribution in [2.24, 2.45) is 0 Å². The first-order chi connectivity index (χ1) is 14.3. The predicted molar refractivity (Wildman–Crippen MR) is 116 cm³/mol. The lowest BCUT2D eigenvalue weighted by Gasteiger charge is -2.18. The number of benzene rings is 1. The highest BCUT2D eigenvalue weighted by Gasteiger charge is 2.29. The molecule has 0 aliphatic heterocycles. The van der Waals surface area contributed by atoms with Gasteiger partial charge in [-0.1, -0.05) is 23.7 Å². The summed E-state index contributed by atoms with van der Waals surface area (Å²) < 4.78 is 10.5. The molecule has 3 rings (SSSR count). The summed E-state index contributed by atoms with van der Waals surface area (Å²) in [6.07, 6.45) is 0. The molecule has 0 amide bonds. The van der Waals surface area contributed by atoms with Gasteiger partial charge in [-0.2, -0.15) is 0 Å². The molecule has 0 bridgehead atoms. The van der Waals surface area contributed by atoms with Gasteiger partial charge in [-0.25, -0.2) is 14.6 Å². The molecule has 0 aliphatic carbocycles. The lowest BCUT2D eigenvalue weighted by Crippen LogP contribution is -2.17. The first kappa shape index (κ1) is 21.7. The monoisotopic (exact) mass is 426 g/mol. The Kier molecular flexibility index (Phi) is 6.37. The van der Waals surface area contributed by atoms with Crippen LogP contribution in [-0.4, -0.2) is 35.1 Å². The molecule has 0 radical (unpaired) electrons. The highest BCUT2D eigenvalue weighted by molar-refractivity contribution is 6.33. The molecule has 156 valence electrons. The zero-order valence-electron chi connectivity index (χ0n) is 17.6. The molecule has 0 atom stereocenters. The van der Waals surface area contributed by atoms with E-state index in [4.69, 9.17) is 21.1 Å². The van der Waals surface area contributed by atoms with E-state index in [1.54, 1.807) is 27.7 Å². The first-order valence-electron chi connectivity index (χ1n) is 9.71. The maximum atomic E-state index is 12.8. The van der Waals surface area contributed by atoms with Crippen molar-refractivity contribution in [2.75, 3.05) is 13.2 Å². The van der Waals surface area contributed by atoms with E-state index in [-0.39, 0.29) is 29.5 Å². The van der Waals surface area contributed by atoms with Gasteiger partial charge in [0, 0.05) is 16.5 Å². The first-order valence-corrected chi connectivity index (χ1v) is 10.1. The topological polar surface area (TPSA) is 78.4 Å². The van der Waals surface area contributed by atoms with Crippen LogP contribution in [0, 0.1) is 20.8 Å². The van der Waals surface area contributed by atoms with Crippen molar-refractivity contribution in [2.45, 2.75) is 34.6 Å². The second-order valence-electron chi connectivity index (χ2n) is 6.87. The van der Waals surface area contributed by atoms with Gasteiger partial charge in [0.05, 0.1) is 41.2 Å². The van der Waals surface area contributed by atoms with Crippen molar-refractivity contribution in [3.05, 3.63) is 57.5 Å². The Bertz CT molecular complexity index is 1120. The van der Waals surface area contributed by atoms with Crippen LogP contribution in [0.3, 0.4) is 0 Å². The van der Waals surface area contributed by atoms with Crippen LogP contribution in [0.25, 0.3) is 22.0 Å². The Balaban J connectivity index is 2.42. The molecule has 0 spiro atoms. The van der Waals surface area contributed by atoms with Crippen molar-refractivity contribution in [3.63, 3.8) is 0 Å². The van der Waals surface area contributed by atoms with Gasteiger partial charge < -0.3 is 9.47 Å². The summed E-state index contributed by atoms with van der Waals surface area (Å²) in [5.41, 5.74) is 3.80. The Labute approximate surface area is 180 Å². The summed E-state index contributed by atoms with van der Waals surface area (Å²) in [6, 6.07) is 7.63. The Morgan fingerprint density at radius 3 is 2.00 bits per heavy atom. The number of carbonyl (C=O) groups excluding carboxylic acids is 2. The summed E-state index contributed by atoms with van der Waals surface area (Å²) in [6.45, 7) is 9.16. The van der Waals surface area contributed by atoms with Crippen LogP contribution in [0.15, 0.2) is 24.3 Å². The molecule has 0 saturated heterocycles. The van der Waals surface area contributed by atoms with Crippen LogP contribution in [0.5, 0.6) is 0 Å². The zero-order valence-corrected chi connectivity index (χ0v) is 18.4. The van der Waals surface area contributed by atoms with E-state index in [2.05, 4.69) is 9.97 Å². The van der Waals surface area contributed by atoms with E-state index in [1.807, 2.05) is 31.2 Å². The van der Waals surface area contributed by atoms with Gasteiger partial charge in [0.25, 0.3) is 0 Å². The summed E-state index contributed by atoms with van der Waals surface area (Å²) in [5, 5.41) is 1.01. The van der Waals surface area contributed by atoms with Gasteiger partial charge in [-0.3, -0.25) is 4.98 Å². The zero-order chi connectivity index (χ0) is 22.0. The maximum absolute atomic E-state index is 12.8. The fraction of sp³-hybridized carbons (Fsp3) is 0.304. The van der Waals surface area contributed by atoms with Gasteiger partial charge >= 0.3 is 11.9 Å². The lowest BCUT2D eigenvalue weighted by molar-refractivity contribution is 0.0525. The van der Waals surface area contributed by atoms with Crippen LogP contribution >= 0.6 is 11.6 Å². The number of nitrogens with zero attached hydrogens (tertiary/aromatic N) is 2. The number of rotatable bonds is 5. The number of halogens is 1. The molecule has 0 aliphatic rings. The van der Waals surface area contributed by atoms with Crippen LogP contribution < -0.4 is 0 Å². The summed E-state index contributed by atoms with van der Waals surface area (Å²) in [4.78, 5) is 34.6. The molecule has 30 heavy (non-hydrogen) atoms. The molecule has 2 heterocycles. The maximum Gasteiger partial charge on any atom is 0.340 e. The van der Waals surface area contributed by atoms with Crippen LogP contribution in [0.1, 0.15) is 51.5 Å². The summed E-state index contributed by atoms with van der Waals surface area (Å²) >= 11 is 6.57. The van der Waals surface area contributed by atoms with Crippen molar-refractivity contribution in [1.82, 2.24) is 9.97 Å². The summed E-state index contributed by atoms with van der Waals surface area (Å²) in [5.74, 6) is -1.16. The number of pyridine rings is 2. The van der Waals surface area contributed by atoms with E-state index < -0.39 is 11.9 Å². The average Bonchev–Trinajstić information content (AvgIpc) is 2.67. The van der Waals surface area contributed by atoms with Crippen molar-refractivity contribution < 1.29 is 19.1 Å². The fourth-order valence-electron chi connectivity index (χ4n) is 3.45. The van der Waals surface area contributed by atoms with Crippen LogP contribution in [0.2, 0.25) is 5.15 Å². The minimum atomic E-state index is -0.580. The number of ether oxygens (including phenoxy) is 2. The average molecular weight is 427 g/mol. The standard InChI is InChI=1S/C23H23ClN2O4/c1-6-29-22(27)18-13(4)25-14(5)19(23(28)30-7-2)20(18)16-11-15-9-8-12(3)10-17(15)26-21(16)24/h8-11H,6-7H2,1-5H3. The van der Waals surface area contributed by atoms with Gasteiger partial charge in [-0.15, -0.1) is 0 Å². The largest absolute Gasteiger partial charge is 0.462 e. The van der Waals surface area contributed by atoms with Gasteiger partial charge in [-0.05, 0) is 52.3 Å². The molecule has 0 fully saturated rings. The molecular formula is C23H23ClN2O4. The Morgan fingerprint density at radius 1 is 0.900 bits per heavy atom. The van der Waals surface area contributed by atoms with Crippen molar-refractivity contribution in [1.29, 1.82) is 0 Å². The number of hydrogen-bond acceptors (Lipinski definition) is 6. The lowest BCUT2D eigenvalue weighted by atomic mass is 9.92. The quantitative estimate of drug-likeness (QED) is 0.410. The van der Waals surface area contributed by atoms with Crippen molar-refractivity contribution in [3.8, 4) is 11.1 Å². The second-order valence-corrected chi connectivity index (χ2v) is 7.23. The third kappa shape index (κ3) is 4.00. The number of fused-ring (bicyclic) bond motifs is 1. The van der Waals surface area contributed by atoms with Crippen LogP contribution in [-0.2, 0) is 9.47 Å². The van der Waals surface area contributed by atoms with Crippen LogP contribution in [0.4, 0.5) is 0 Å². The van der Waals surface area contributed by atoms with Gasteiger partial charge in [0.1, 0.15) is 5.15 Å². The highest BCUT2D eigenvalue weighted by atomic mass is 35.5. The molecule has 0 unspecified atom stereocenters. The number of esters is 2. The molecule has 3 aromatic rings. The van der Waals surface area contributed by atoms with Gasteiger partial charge in [0.2, 0.25) is 0 Å². The molecular weight excluding hydrogens is 404 g/mol. The summed E-state index contributed by atoms with van der Waals surface area (Å²) in [7, 11) is 0. The third-order valence-electron chi connectivity index (χ3n) is 4.71. The normalized spacial score (nSPS) is 10.9. The molecule has 2 aromatic heterocycles. The van der Waals surface area contributed by atoms with Crippen molar-refractivity contribution >= 4 is 34.4 Å². The second kappa shape index (κ2) is 8.79. The van der Waals surface area contributed by atoms with E-state index in [0.29, 0.717) is 22.5 Å². The Morgan fingerprint density at radius 2 is 1.47 bits per heavy atom. The SMILES string of the molecule is CCOC(=O)c1c(C)nc(C)c(C(=O)OCC)c1-c1cc2ccc(C)cc2nc1Cl. The molecule has 7 heteroatoms. The molecule has 0 saturated carbocycles. The molecule has 1 aromatic carbocycles. The minimum Gasteiger partial charge on any atom is -0.462 e. The number of carbonyl (C=O) groups is 2. The highest BCUT2D eigenvalue weighted by Crippen LogP contribution is 2.37. The number of aryl methyl sites for hydroxylation is 3. The fourth-order valence-corrected chi connectivity index (χ4v) is 3.69. The number of aromatic nitrogens is 2. The van der Waals surface area contributed by atoms with E-state index in [1.165, 1.54) is 0 Å². The molecule has 6 nitrogen and oxygen atoms in total.